The highest BCUT2D eigenvalue weighted by Crippen LogP contribution is 2.35. The Hall–Kier alpha value is -4.46. The lowest BCUT2D eigenvalue weighted by Gasteiger charge is -2.30. The molecule has 3 aromatic rings. The van der Waals surface area contributed by atoms with Crippen molar-refractivity contribution in [2.45, 2.75) is 0 Å². The van der Waals surface area contributed by atoms with Gasteiger partial charge in [-0.1, -0.05) is 48.5 Å². The van der Waals surface area contributed by atoms with Crippen LogP contribution in [0.1, 0.15) is 0 Å². The summed E-state index contributed by atoms with van der Waals surface area (Å²) in [5.74, 6) is 1.87. The fourth-order valence-electron chi connectivity index (χ4n) is 3.19. The minimum absolute atomic E-state index is 0.125. The van der Waals surface area contributed by atoms with Crippen LogP contribution in [0.5, 0.6) is 5.75 Å². The number of phenols is 1. The standard InChI is InChI=1S/C22H19N7O/c30-19-14-8-7-13-18(19)29-21-20(24-16-9-3-1-4-10-16)26-22(27-28(21)15-23-29)25-17-11-5-2-6-12-17/h1-15,24,30H,(H2,25,26,27). The summed E-state index contributed by atoms with van der Waals surface area (Å²) in [4.78, 5) is 4.74. The van der Waals surface area contributed by atoms with Gasteiger partial charge in [-0.3, -0.25) is 5.43 Å². The summed E-state index contributed by atoms with van der Waals surface area (Å²) < 4.78 is 0. The second-order valence-electron chi connectivity index (χ2n) is 6.63. The van der Waals surface area contributed by atoms with Crippen molar-refractivity contribution in [3.05, 3.63) is 96.6 Å². The lowest BCUT2D eigenvalue weighted by molar-refractivity contribution is 0.458. The summed E-state index contributed by atoms with van der Waals surface area (Å²) in [7, 11) is 0. The lowest BCUT2D eigenvalue weighted by Crippen LogP contribution is -2.48. The molecule has 2 heterocycles. The molecule has 0 spiro atoms. The zero-order valence-corrected chi connectivity index (χ0v) is 15.9. The van der Waals surface area contributed by atoms with E-state index in [1.165, 1.54) is 0 Å². The van der Waals surface area contributed by atoms with Crippen molar-refractivity contribution in [2.24, 2.45) is 10.1 Å². The number of para-hydroxylation sites is 4. The quantitative estimate of drug-likeness (QED) is 0.537. The molecule has 0 radical (unpaired) electrons. The van der Waals surface area contributed by atoms with E-state index in [-0.39, 0.29) is 5.75 Å². The number of aromatic hydroxyl groups is 1. The van der Waals surface area contributed by atoms with Crippen molar-refractivity contribution in [1.29, 1.82) is 0 Å². The first-order valence-corrected chi connectivity index (χ1v) is 9.43. The number of aliphatic imine (C=N–C) groups is 1. The molecule has 148 valence electrons. The van der Waals surface area contributed by atoms with Crippen LogP contribution in [-0.4, -0.2) is 22.4 Å². The number of fused-ring (bicyclic) bond motifs is 1. The highest BCUT2D eigenvalue weighted by molar-refractivity contribution is 5.96. The Bertz CT molecular complexity index is 1140. The first kappa shape index (κ1) is 17.6. The van der Waals surface area contributed by atoms with Gasteiger partial charge >= 0.3 is 0 Å². The molecule has 0 aromatic heterocycles. The van der Waals surface area contributed by atoms with Gasteiger partial charge in [-0.05, 0) is 36.4 Å². The molecule has 0 fully saturated rings. The predicted octanol–water partition coefficient (Wildman–Crippen LogP) is 3.68. The number of rotatable bonds is 4. The Morgan fingerprint density at radius 1 is 0.767 bits per heavy atom. The van der Waals surface area contributed by atoms with Crippen molar-refractivity contribution >= 4 is 29.4 Å². The second kappa shape index (κ2) is 7.51. The van der Waals surface area contributed by atoms with Crippen molar-refractivity contribution < 1.29 is 5.11 Å². The Morgan fingerprint density at radius 3 is 2.10 bits per heavy atom. The highest BCUT2D eigenvalue weighted by Gasteiger charge is 2.32. The van der Waals surface area contributed by atoms with Crippen molar-refractivity contribution in [1.82, 2.24) is 10.4 Å². The summed E-state index contributed by atoms with van der Waals surface area (Å²) in [5.41, 5.74) is 5.54. The predicted molar refractivity (Wildman–Crippen MR) is 119 cm³/mol. The van der Waals surface area contributed by atoms with E-state index in [2.05, 4.69) is 21.2 Å². The second-order valence-corrected chi connectivity index (χ2v) is 6.63. The number of hydrazine groups is 1. The van der Waals surface area contributed by atoms with Crippen LogP contribution in [0.2, 0.25) is 0 Å². The van der Waals surface area contributed by atoms with Crippen LogP contribution in [0, 0.1) is 0 Å². The molecular formula is C22H19N7O. The van der Waals surface area contributed by atoms with Crippen molar-refractivity contribution in [3.63, 3.8) is 0 Å². The first-order chi connectivity index (χ1) is 14.8. The van der Waals surface area contributed by atoms with Crippen LogP contribution in [0.3, 0.4) is 0 Å². The summed E-state index contributed by atoms with van der Waals surface area (Å²) in [6.45, 7) is 0. The maximum absolute atomic E-state index is 10.3. The van der Waals surface area contributed by atoms with Gasteiger partial charge in [0.2, 0.25) is 5.96 Å². The Balaban J connectivity index is 1.56. The first-order valence-electron chi connectivity index (χ1n) is 9.43. The van der Waals surface area contributed by atoms with E-state index in [4.69, 9.17) is 4.99 Å². The molecule has 2 aliphatic heterocycles. The largest absolute Gasteiger partial charge is 0.506 e. The Morgan fingerprint density at radius 2 is 1.40 bits per heavy atom. The molecule has 8 heteroatoms. The van der Waals surface area contributed by atoms with Crippen LogP contribution in [0.25, 0.3) is 0 Å². The maximum Gasteiger partial charge on any atom is 0.222 e. The Labute approximate surface area is 173 Å². The van der Waals surface area contributed by atoms with E-state index >= 15 is 0 Å². The number of benzene rings is 3. The molecule has 0 atom stereocenters. The van der Waals surface area contributed by atoms with Crippen LogP contribution >= 0.6 is 0 Å². The summed E-state index contributed by atoms with van der Waals surface area (Å²) in [6.07, 6.45) is 1.63. The minimum Gasteiger partial charge on any atom is -0.506 e. The molecule has 4 N–H and O–H groups in total. The molecule has 5 rings (SSSR count). The number of nitrogens with one attached hydrogen (secondary N) is 3. The molecule has 0 aliphatic carbocycles. The maximum atomic E-state index is 10.3. The fraction of sp³-hybridized carbons (Fsp3) is 0. The van der Waals surface area contributed by atoms with E-state index < -0.39 is 0 Å². The molecule has 0 saturated heterocycles. The third-order valence-corrected chi connectivity index (χ3v) is 4.56. The summed E-state index contributed by atoms with van der Waals surface area (Å²) >= 11 is 0. The highest BCUT2D eigenvalue weighted by atomic mass is 16.3. The van der Waals surface area contributed by atoms with Crippen molar-refractivity contribution in [2.75, 3.05) is 15.6 Å². The van der Waals surface area contributed by atoms with Gasteiger partial charge in [0.25, 0.3) is 0 Å². The molecule has 8 nitrogen and oxygen atoms in total. The van der Waals surface area contributed by atoms with E-state index in [0.29, 0.717) is 23.3 Å². The average Bonchev–Trinajstić information content (AvgIpc) is 3.20. The van der Waals surface area contributed by atoms with E-state index in [0.717, 1.165) is 11.4 Å². The van der Waals surface area contributed by atoms with Gasteiger partial charge in [0.15, 0.2) is 11.6 Å². The van der Waals surface area contributed by atoms with Gasteiger partial charge in [-0.25, -0.2) is 10.0 Å². The number of nitrogens with zero attached hydrogens (tertiary/aromatic N) is 4. The van der Waals surface area contributed by atoms with Crippen LogP contribution < -0.4 is 21.1 Å². The monoisotopic (exact) mass is 397 g/mol. The number of hydrazone groups is 1. The molecule has 0 amide bonds. The van der Waals surface area contributed by atoms with Gasteiger partial charge in [-0.15, -0.1) is 0 Å². The SMILES string of the molecule is Oc1ccccc1N1N=CN2NC(Nc3ccccc3)=NC(Nc3ccccc3)=C21. The van der Waals surface area contributed by atoms with Gasteiger partial charge in [0, 0.05) is 11.4 Å². The van der Waals surface area contributed by atoms with Gasteiger partial charge in [0.05, 0.1) is 0 Å². The van der Waals surface area contributed by atoms with Gasteiger partial charge in [-0.2, -0.15) is 10.1 Å². The summed E-state index contributed by atoms with van der Waals surface area (Å²) in [6, 6.07) is 26.6. The molecule has 30 heavy (non-hydrogen) atoms. The normalized spacial score (nSPS) is 14.9. The fourth-order valence-corrected chi connectivity index (χ4v) is 3.19. The number of guanidine groups is 1. The third kappa shape index (κ3) is 3.37. The third-order valence-electron chi connectivity index (χ3n) is 4.56. The number of hydrogen-bond donors (Lipinski definition) is 4. The molecular weight excluding hydrogens is 378 g/mol. The zero-order valence-electron chi connectivity index (χ0n) is 15.9. The van der Waals surface area contributed by atoms with Crippen LogP contribution in [-0.2, 0) is 0 Å². The Kier molecular flexibility index (Phi) is 4.41. The van der Waals surface area contributed by atoms with Gasteiger partial charge in [0.1, 0.15) is 17.8 Å². The average molecular weight is 397 g/mol. The number of anilines is 3. The number of hydrogen-bond acceptors (Lipinski definition) is 8. The zero-order chi connectivity index (χ0) is 20.3. The van der Waals surface area contributed by atoms with Crippen LogP contribution in [0.15, 0.2) is 107 Å². The molecule has 0 bridgehead atoms. The van der Waals surface area contributed by atoms with Crippen molar-refractivity contribution in [3.8, 4) is 5.75 Å². The van der Waals surface area contributed by atoms with E-state index in [1.807, 2.05) is 66.7 Å². The van der Waals surface area contributed by atoms with E-state index in [9.17, 15) is 5.11 Å². The molecule has 2 aliphatic rings. The number of phenolic OH excluding ortho intramolecular Hbond substituents is 1. The minimum atomic E-state index is 0.125. The lowest BCUT2D eigenvalue weighted by atomic mass is 10.3. The molecule has 0 unspecified atom stereocenters. The molecule has 0 saturated carbocycles. The van der Waals surface area contributed by atoms with E-state index in [1.54, 1.807) is 34.6 Å². The summed E-state index contributed by atoms with van der Waals surface area (Å²) in [5, 5.41) is 24.8. The van der Waals surface area contributed by atoms with Gasteiger partial charge < -0.3 is 15.7 Å². The molecule has 3 aromatic carbocycles. The smallest absolute Gasteiger partial charge is 0.222 e. The topological polar surface area (TPSA) is 87.5 Å². The van der Waals surface area contributed by atoms with Crippen LogP contribution in [0.4, 0.5) is 17.1 Å².